The van der Waals surface area contributed by atoms with E-state index in [0.717, 1.165) is 0 Å². The van der Waals surface area contributed by atoms with Crippen molar-refractivity contribution in [2.24, 2.45) is 0 Å². The van der Waals surface area contributed by atoms with Gasteiger partial charge in [0.05, 0.1) is 20.8 Å². The Kier molecular flexibility index (Phi) is 21.7. The first-order valence-electron chi connectivity index (χ1n) is 1.00. The summed E-state index contributed by atoms with van der Waals surface area (Å²) >= 11 is 0. The third kappa shape index (κ3) is 24.9. The number of hydrogen-bond acceptors (Lipinski definition) is 1. The Morgan fingerprint density at radius 3 is 1.25 bits per heavy atom. The SMILES string of the molecule is [B].[SiH3]N[SiH3]. The van der Waals surface area contributed by atoms with Gasteiger partial charge in [-0.05, 0) is 0 Å². The van der Waals surface area contributed by atoms with Crippen LogP contribution in [-0.4, -0.2) is 29.2 Å². The van der Waals surface area contributed by atoms with Crippen LogP contribution in [0.1, 0.15) is 0 Å². The summed E-state index contributed by atoms with van der Waals surface area (Å²) in [5.41, 5.74) is 0. The highest BCUT2D eigenvalue weighted by Gasteiger charge is 1.28. The second-order valence-corrected chi connectivity index (χ2v) is 4.50. The molecule has 0 saturated heterocycles. The Hall–Kier alpha value is 0.459. The van der Waals surface area contributed by atoms with E-state index < -0.39 is 0 Å². The molecule has 0 unspecified atom stereocenters. The summed E-state index contributed by atoms with van der Waals surface area (Å²) < 4.78 is 3.03. The van der Waals surface area contributed by atoms with Crippen molar-refractivity contribution in [1.82, 2.24) is 4.65 Å². The van der Waals surface area contributed by atoms with Crippen molar-refractivity contribution in [3.05, 3.63) is 0 Å². The Labute approximate surface area is 34.7 Å². The van der Waals surface area contributed by atoms with Crippen LogP contribution < -0.4 is 4.65 Å². The maximum Gasteiger partial charge on any atom is 0.0670 e. The van der Waals surface area contributed by atoms with Crippen LogP contribution in [-0.2, 0) is 0 Å². The minimum absolute atomic E-state index is 0. The van der Waals surface area contributed by atoms with Gasteiger partial charge in [-0.25, -0.2) is 0 Å². The Morgan fingerprint density at radius 1 is 1.25 bits per heavy atom. The van der Waals surface area contributed by atoms with Crippen LogP contribution in [0, 0.1) is 0 Å². The van der Waals surface area contributed by atoms with Gasteiger partial charge in [0.15, 0.2) is 0 Å². The van der Waals surface area contributed by atoms with Crippen molar-refractivity contribution in [3.8, 4) is 0 Å². The molecule has 0 amide bonds. The smallest absolute Gasteiger partial charge is 0.0670 e. The standard InChI is InChI=1S/B.H7NSi2/c;2-1-3/h;1H,2-3H3. The molecular weight excluding hydrogens is 81.0 g/mol. The summed E-state index contributed by atoms with van der Waals surface area (Å²) in [5, 5.41) is 0. The molecule has 0 aromatic heterocycles. The van der Waals surface area contributed by atoms with Crippen LogP contribution in [0.5, 0.6) is 0 Å². The van der Waals surface area contributed by atoms with Gasteiger partial charge in [-0.1, -0.05) is 0 Å². The molecule has 0 saturated carbocycles. The van der Waals surface area contributed by atoms with Gasteiger partial charge in [-0.15, -0.1) is 0 Å². The van der Waals surface area contributed by atoms with Crippen molar-refractivity contribution >= 4 is 29.2 Å². The first-order valence-corrected chi connectivity index (χ1v) is 3.00. The quantitative estimate of drug-likeness (QED) is 0.307. The molecule has 0 bridgehead atoms. The van der Waals surface area contributed by atoms with E-state index in [1.807, 2.05) is 0 Å². The summed E-state index contributed by atoms with van der Waals surface area (Å²) in [4.78, 5) is 0. The predicted octanol–water partition coefficient (Wildman–Crippen LogP) is -3.24. The van der Waals surface area contributed by atoms with Crippen LogP contribution >= 0.6 is 0 Å². The fourth-order valence-electron chi connectivity index (χ4n) is 0. The van der Waals surface area contributed by atoms with Crippen molar-refractivity contribution in [2.75, 3.05) is 0 Å². The largest absolute Gasteiger partial charge is 0.374 e. The number of hydrogen-bond donors (Lipinski definition) is 1. The van der Waals surface area contributed by atoms with Crippen LogP contribution in [0.25, 0.3) is 0 Å². The molecule has 0 aliphatic rings. The van der Waals surface area contributed by atoms with Gasteiger partial charge < -0.3 is 4.65 Å². The highest BCUT2D eigenvalue weighted by Crippen LogP contribution is 0.879. The molecule has 4 heteroatoms. The summed E-state index contributed by atoms with van der Waals surface area (Å²) in [5.74, 6) is 0. The molecule has 0 aromatic rings. The second-order valence-electron chi connectivity index (χ2n) is 0.500. The van der Waals surface area contributed by atoms with Crippen LogP contribution in [0.3, 0.4) is 0 Å². The average molecular weight is 88.0 g/mol. The van der Waals surface area contributed by atoms with Gasteiger partial charge >= 0.3 is 0 Å². The summed E-state index contributed by atoms with van der Waals surface area (Å²) in [6.07, 6.45) is 0. The lowest BCUT2D eigenvalue weighted by molar-refractivity contribution is 1.68. The zero-order valence-electron chi connectivity index (χ0n) is 3.08. The Bertz CT molecular complexity index is 6.00. The van der Waals surface area contributed by atoms with Crippen molar-refractivity contribution in [2.45, 2.75) is 0 Å². The lowest BCUT2D eigenvalue weighted by Crippen LogP contribution is -1.97. The molecule has 1 nitrogen and oxygen atoms in total. The normalized spacial score (nSPS) is 6.00. The first kappa shape index (κ1) is 8.82. The Morgan fingerprint density at radius 2 is 1.25 bits per heavy atom. The van der Waals surface area contributed by atoms with Gasteiger partial charge in [0.2, 0.25) is 0 Å². The summed E-state index contributed by atoms with van der Waals surface area (Å²) in [6, 6.07) is 0. The zero-order valence-corrected chi connectivity index (χ0v) is 7.08. The molecule has 4 heavy (non-hydrogen) atoms. The maximum atomic E-state index is 3.03. The highest BCUT2D eigenvalue weighted by atomic mass is 28.2. The molecule has 0 spiro atoms. The maximum absolute atomic E-state index is 3.03. The third-order valence-corrected chi connectivity index (χ3v) is 0. The zero-order chi connectivity index (χ0) is 2.71. The monoisotopic (exact) mass is 88.0 g/mol. The summed E-state index contributed by atoms with van der Waals surface area (Å²) in [7, 11) is 2.36. The Balaban J connectivity index is 0. The molecule has 0 fully saturated rings. The van der Waals surface area contributed by atoms with Gasteiger partial charge in [0, 0.05) is 8.41 Å². The van der Waals surface area contributed by atoms with E-state index in [-0.39, 0.29) is 8.41 Å². The summed E-state index contributed by atoms with van der Waals surface area (Å²) in [6.45, 7) is 0. The predicted molar refractivity (Wildman–Crippen MR) is 28.8 cm³/mol. The third-order valence-electron chi connectivity index (χ3n) is 0. The fraction of sp³-hybridized carbons (Fsp3) is 0. The average Bonchev–Trinajstić information content (AvgIpc) is 0.918. The highest BCUT2D eigenvalue weighted by molar-refractivity contribution is 6.25. The minimum atomic E-state index is 0. The molecule has 0 aromatic carbocycles. The lowest BCUT2D eigenvalue weighted by Gasteiger charge is -1.58. The van der Waals surface area contributed by atoms with E-state index >= 15 is 0 Å². The number of nitrogens with one attached hydrogen (secondary N) is 1. The molecule has 23 valence electrons. The van der Waals surface area contributed by atoms with Crippen LogP contribution in [0.2, 0.25) is 0 Å². The topological polar surface area (TPSA) is 12.0 Å². The van der Waals surface area contributed by atoms with Gasteiger partial charge in [0.1, 0.15) is 0 Å². The molecule has 0 aliphatic heterocycles. The van der Waals surface area contributed by atoms with Crippen molar-refractivity contribution < 1.29 is 0 Å². The molecule has 1 N–H and O–H groups in total. The van der Waals surface area contributed by atoms with E-state index in [2.05, 4.69) is 4.65 Å². The lowest BCUT2D eigenvalue weighted by atomic mass is 10.8. The van der Waals surface area contributed by atoms with Gasteiger partial charge in [0.25, 0.3) is 0 Å². The molecular formula is H7BNSi2. The van der Waals surface area contributed by atoms with E-state index in [1.165, 1.54) is 20.8 Å². The molecule has 0 atom stereocenters. The molecule has 3 radical (unpaired) electrons. The minimum Gasteiger partial charge on any atom is -0.374 e. The second kappa shape index (κ2) is 9.83. The molecule has 0 aliphatic carbocycles. The number of rotatable bonds is 0. The van der Waals surface area contributed by atoms with E-state index in [0.29, 0.717) is 0 Å². The molecule has 0 heterocycles. The molecule has 0 rings (SSSR count). The van der Waals surface area contributed by atoms with Gasteiger partial charge in [-0.3, -0.25) is 0 Å². The van der Waals surface area contributed by atoms with Crippen molar-refractivity contribution in [3.63, 3.8) is 0 Å². The fourth-order valence-corrected chi connectivity index (χ4v) is 0. The van der Waals surface area contributed by atoms with E-state index in [9.17, 15) is 0 Å². The van der Waals surface area contributed by atoms with E-state index in [4.69, 9.17) is 0 Å². The first-order chi connectivity index (χ1) is 1.41. The van der Waals surface area contributed by atoms with Crippen LogP contribution in [0.4, 0.5) is 0 Å². The van der Waals surface area contributed by atoms with Crippen molar-refractivity contribution in [1.29, 1.82) is 0 Å². The van der Waals surface area contributed by atoms with E-state index in [1.54, 1.807) is 0 Å². The van der Waals surface area contributed by atoms with Crippen LogP contribution in [0.15, 0.2) is 0 Å². The van der Waals surface area contributed by atoms with Gasteiger partial charge in [-0.2, -0.15) is 0 Å².